The van der Waals surface area contributed by atoms with Crippen LogP contribution in [-0.4, -0.2) is 48.5 Å². The van der Waals surface area contributed by atoms with Gasteiger partial charge in [0, 0.05) is 23.7 Å². The summed E-state index contributed by atoms with van der Waals surface area (Å²) in [5.41, 5.74) is 2.32. The highest BCUT2D eigenvalue weighted by Gasteiger charge is 2.65. The molecule has 8 nitrogen and oxygen atoms in total. The Labute approximate surface area is 196 Å². The zero-order valence-electron chi connectivity index (χ0n) is 18.6. The van der Waals surface area contributed by atoms with Gasteiger partial charge in [0.2, 0.25) is 0 Å². The van der Waals surface area contributed by atoms with Crippen LogP contribution in [0.5, 0.6) is 5.75 Å². The number of methoxy groups -OCH3 is 1. The number of amidine groups is 1. The van der Waals surface area contributed by atoms with E-state index in [0.717, 1.165) is 22.2 Å². The molecule has 1 saturated carbocycles. The third-order valence-corrected chi connectivity index (χ3v) is 10.0. The largest absolute Gasteiger partial charge is 0.495 e. The molecule has 6 rings (SSSR count). The molecule has 2 atom stereocenters. The molecular formula is C24H24FN5O3S. The summed E-state index contributed by atoms with van der Waals surface area (Å²) in [5, 5.41) is 15.8. The molecule has 34 heavy (non-hydrogen) atoms. The Morgan fingerprint density at radius 1 is 1.26 bits per heavy atom. The number of aromatic nitrogens is 2. The van der Waals surface area contributed by atoms with Gasteiger partial charge in [-0.05, 0) is 54.2 Å². The van der Waals surface area contributed by atoms with Crippen LogP contribution < -0.4 is 15.4 Å². The number of anilines is 2. The van der Waals surface area contributed by atoms with Crippen molar-refractivity contribution in [2.75, 3.05) is 24.9 Å². The van der Waals surface area contributed by atoms with Crippen LogP contribution in [0.15, 0.2) is 42.7 Å². The summed E-state index contributed by atoms with van der Waals surface area (Å²) in [5.74, 6) is 0.482. The van der Waals surface area contributed by atoms with Gasteiger partial charge in [0.15, 0.2) is 20.4 Å². The van der Waals surface area contributed by atoms with Gasteiger partial charge in [0.25, 0.3) is 0 Å². The number of ether oxygens (including phenoxy) is 1. The minimum atomic E-state index is -3.86. The van der Waals surface area contributed by atoms with E-state index >= 15 is 0 Å². The zero-order valence-corrected chi connectivity index (χ0v) is 19.4. The Bertz CT molecular complexity index is 1460. The normalized spacial score (nSPS) is 27.1. The minimum absolute atomic E-state index is 0.207. The molecule has 0 unspecified atom stereocenters. The van der Waals surface area contributed by atoms with Gasteiger partial charge >= 0.3 is 0 Å². The van der Waals surface area contributed by atoms with E-state index in [1.54, 1.807) is 19.5 Å². The number of alkyl halides is 1. The van der Waals surface area contributed by atoms with Crippen molar-refractivity contribution in [2.24, 2.45) is 5.92 Å². The van der Waals surface area contributed by atoms with Crippen LogP contribution in [-0.2, 0) is 21.8 Å². The lowest BCUT2D eigenvalue weighted by molar-refractivity contribution is 0.324. The van der Waals surface area contributed by atoms with Crippen molar-refractivity contribution in [1.29, 1.82) is 5.41 Å². The first-order valence-electron chi connectivity index (χ1n) is 11.2. The van der Waals surface area contributed by atoms with Crippen LogP contribution >= 0.6 is 0 Å². The number of pyridine rings is 2. The molecule has 10 heteroatoms. The zero-order chi connectivity index (χ0) is 23.7. The highest BCUT2D eigenvalue weighted by molar-refractivity contribution is 7.93. The summed E-state index contributed by atoms with van der Waals surface area (Å²) < 4.78 is 44.4. The van der Waals surface area contributed by atoms with Crippen molar-refractivity contribution in [3.63, 3.8) is 0 Å². The predicted molar refractivity (Wildman–Crippen MR) is 127 cm³/mol. The van der Waals surface area contributed by atoms with Gasteiger partial charge in [0.05, 0.1) is 24.6 Å². The van der Waals surface area contributed by atoms with Crippen molar-refractivity contribution in [2.45, 2.75) is 29.5 Å². The summed E-state index contributed by atoms with van der Waals surface area (Å²) in [7, 11) is -2.27. The maximum Gasteiger partial charge on any atom is 0.168 e. The van der Waals surface area contributed by atoms with Gasteiger partial charge in [-0.2, -0.15) is 0 Å². The van der Waals surface area contributed by atoms with Crippen LogP contribution in [0.4, 0.5) is 15.9 Å². The van der Waals surface area contributed by atoms with Crippen molar-refractivity contribution >= 4 is 38.1 Å². The Hall–Kier alpha value is -3.27. The van der Waals surface area contributed by atoms with Gasteiger partial charge in [-0.1, -0.05) is 6.07 Å². The van der Waals surface area contributed by atoms with Gasteiger partial charge in [-0.25, -0.2) is 22.8 Å². The van der Waals surface area contributed by atoms with Crippen LogP contribution in [0.1, 0.15) is 24.0 Å². The molecule has 1 saturated heterocycles. The maximum absolute atomic E-state index is 14.1. The number of fused-ring (bicyclic) bond motifs is 3. The summed E-state index contributed by atoms with van der Waals surface area (Å²) in [6.07, 6.45) is 5.07. The van der Waals surface area contributed by atoms with Crippen LogP contribution in [0.3, 0.4) is 0 Å². The standard InChI is InChI=1S/C24H24FN5O3S/c1-33-18-8-14-6-7-27-21(20(14)28-11-18)29-17-5-2-15-10-23(19(15)9-17)13-34(31,32)24(12-25,16-3-4-16)22(26)30-23/h2,5-9,11,16H,3-4,10,12-13H2,1H3,(H2,26,30)(H,27,29)/t23-,24-/m0/s1. The molecule has 3 N–H and O–H groups in total. The van der Waals surface area contributed by atoms with E-state index in [-0.39, 0.29) is 17.5 Å². The van der Waals surface area contributed by atoms with E-state index in [1.165, 1.54) is 0 Å². The summed E-state index contributed by atoms with van der Waals surface area (Å²) in [6.45, 7) is -1.05. The summed E-state index contributed by atoms with van der Waals surface area (Å²) in [4.78, 5) is 8.88. The molecule has 1 spiro atoms. The molecule has 0 amide bonds. The molecule has 2 fully saturated rings. The molecule has 3 aliphatic rings. The van der Waals surface area contributed by atoms with E-state index in [4.69, 9.17) is 10.1 Å². The molecule has 3 heterocycles. The second-order valence-electron chi connectivity index (χ2n) is 9.42. The van der Waals surface area contributed by atoms with Gasteiger partial charge in [-0.3, -0.25) is 5.41 Å². The topological polar surface area (TPSA) is 117 Å². The number of halogens is 1. The number of sulfone groups is 1. The second-order valence-corrected chi connectivity index (χ2v) is 11.7. The van der Waals surface area contributed by atoms with E-state index in [9.17, 15) is 12.8 Å². The van der Waals surface area contributed by atoms with Gasteiger partial charge in [0.1, 0.15) is 23.8 Å². The molecule has 3 aromatic rings. The molecule has 1 aliphatic heterocycles. The average Bonchev–Trinajstić information content (AvgIpc) is 3.65. The fraction of sp³-hybridized carbons (Fsp3) is 0.375. The number of hydrogen-bond acceptors (Lipinski definition) is 7. The number of nitrogens with zero attached hydrogens (tertiary/aromatic N) is 2. The van der Waals surface area contributed by atoms with Crippen LogP contribution in [0.25, 0.3) is 10.9 Å². The molecule has 2 aromatic heterocycles. The van der Waals surface area contributed by atoms with Crippen molar-refractivity contribution in [3.05, 3.63) is 53.9 Å². The lowest BCUT2D eigenvalue weighted by Crippen LogP contribution is -2.71. The lowest BCUT2D eigenvalue weighted by atomic mass is 9.71. The number of rotatable bonds is 5. The van der Waals surface area contributed by atoms with Crippen molar-refractivity contribution in [1.82, 2.24) is 15.3 Å². The highest BCUT2D eigenvalue weighted by Crippen LogP contribution is 2.52. The van der Waals surface area contributed by atoms with Gasteiger partial charge in [-0.15, -0.1) is 0 Å². The fourth-order valence-electron chi connectivity index (χ4n) is 5.44. The number of hydrogen-bond donors (Lipinski definition) is 3. The van der Waals surface area contributed by atoms with Crippen molar-refractivity contribution < 1.29 is 17.5 Å². The van der Waals surface area contributed by atoms with E-state index in [1.807, 2.05) is 30.3 Å². The van der Waals surface area contributed by atoms with Crippen LogP contribution in [0, 0.1) is 11.3 Å². The Balaban J connectivity index is 1.34. The molecule has 1 aromatic carbocycles. The Morgan fingerprint density at radius 2 is 2.09 bits per heavy atom. The maximum atomic E-state index is 14.1. The average molecular weight is 482 g/mol. The summed E-state index contributed by atoms with van der Waals surface area (Å²) >= 11 is 0. The second kappa shape index (κ2) is 7.11. The third kappa shape index (κ3) is 2.87. The van der Waals surface area contributed by atoms with Crippen LogP contribution in [0.2, 0.25) is 0 Å². The summed E-state index contributed by atoms with van der Waals surface area (Å²) in [6, 6.07) is 9.47. The molecule has 176 valence electrons. The van der Waals surface area contributed by atoms with E-state index < -0.39 is 26.8 Å². The van der Waals surface area contributed by atoms with Gasteiger partial charge < -0.3 is 15.4 Å². The Morgan fingerprint density at radius 3 is 2.79 bits per heavy atom. The fourth-order valence-corrected chi connectivity index (χ4v) is 7.95. The number of nitrogens with one attached hydrogen (secondary N) is 3. The SMILES string of the molecule is COc1cnc2c(Nc3ccc4c(c3)[C@]3(C4)CS(=O)(=O)[C@@](CF)(C4CC4)C(=N)N3)nccc2c1. The predicted octanol–water partition coefficient (Wildman–Crippen LogP) is 3.25. The van der Waals surface area contributed by atoms with Crippen molar-refractivity contribution in [3.8, 4) is 5.75 Å². The minimum Gasteiger partial charge on any atom is -0.495 e. The quantitative estimate of drug-likeness (QED) is 0.512. The third-order valence-electron chi connectivity index (χ3n) is 7.40. The first-order valence-corrected chi connectivity index (χ1v) is 12.8. The first kappa shape index (κ1) is 21.3. The monoisotopic (exact) mass is 481 g/mol. The molecule has 0 bridgehead atoms. The first-order chi connectivity index (χ1) is 16.3. The smallest absolute Gasteiger partial charge is 0.168 e. The molecular weight excluding hydrogens is 457 g/mol. The van der Waals surface area contributed by atoms with E-state index in [2.05, 4.69) is 20.6 Å². The lowest BCUT2D eigenvalue weighted by Gasteiger charge is -2.52. The molecule has 2 aliphatic carbocycles. The van der Waals surface area contributed by atoms with E-state index in [0.29, 0.717) is 36.3 Å². The Kier molecular flexibility index (Phi) is 4.45. The molecule has 0 radical (unpaired) electrons. The number of benzene rings is 1. The highest BCUT2D eigenvalue weighted by atomic mass is 32.2.